The molecule has 21 heavy (non-hydrogen) atoms. The van der Waals surface area contributed by atoms with E-state index in [-0.39, 0.29) is 0 Å². The summed E-state index contributed by atoms with van der Waals surface area (Å²) in [7, 11) is 3.91. The molecule has 0 aliphatic heterocycles. The summed E-state index contributed by atoms with van der Waals surface area (Å²) in [5, 5.41) is 7.02. The van der Waals surface area contributed by atoms with Crippen molar-refractivity contribution < 1.29 is 0 Å². The highest BCUT2D eigenvalue weighted by Crippen LogP contribution is 2.44. The quantitative estimate of drug-likeness (QED) is 0.660. The van der Waals surface area contributed by atoms with Crippen molar-refractivity contribution in [2.75, 3.05) is 7.05 Å². The third kappa shape index (κ3) is 3.80. The highest BCUT2D eigenvalue weighted by Gasteiger charge is 2.43. The van der Waals surface area contributed by atoms with Crippen LogP contribution in [0, 0.1) is 11.8 Å². The fourth-order valence-corrected chi connectivity index (χ4v) is 3.69. The molecule has 3 rings (SSSR count). The Balaban J connectivity index is 1.43. The Labute approximate surface area is 128 Å². The number of hydrogen-bond acceptors (Lipinski definition) is 1. The molecule has 2 aliphatic carbocycles. The van der Waals surface area contributed by atoms with E-state index >= 15 is 0 Å². The third-order valence-electron chi connectivity index (χ3n) is 4.99. The van der Waals surface area contributed by atoms with Gasteiger partial charge in [0.2, 0.25) is 0 Å². The van der Waals surface area contributed by atoms with E-state index in [1.54, 1.807) is 0 Å². The fraction of sp³-hybridized carbons (Fsp3) is 0.706. The fourth-order valence-electron chi connectivity index (χ4n) is 3.69. The Morgan fingerprint density at radius 1 is 1.33 bits per heavy atom. The summed E-state index contributed by atoms with van der Waals surface area (Å²) in [6, 6.07) is 2.79. The lowest BCUT2D eigenvalue weighted by molar-refractivity contribution is 0.315. The first-order chi connectivity index (χ1) is 10.3. The maximum atomic E-state index is 4.36. The minimum absolute atomic E-state index is 0.648. The first-order valence-corrected chi connectivity index (χ1v) is 8.34. The van der Waals surface area contributed by atoms with Crippen LogP contribution in [0.5, 0.6) is 0 Å². The van der Waals surface area contributed by atoms with Crippen LogP contribution in [0.3, 0.4) is 0 Å². The molecule has 0 aromatic carbocycles. The van der Waals surface area contributed by atoms with Crippen molar-refractivity contribution in [2.45, 2.75) is 51.1 Å². The molecule has 1 aromatic heterocycles. The smallest absolute Gasteiger partial charge is 0.191 e. The first-order valence-electron chi connectivity index (χ1n) is 8.34. The number of hydrogen-bond donors (Lipinski definition) is 2. The van der Waals surface area contributed by atoms with Crippen molar-refractivity contribution in [3.8, 4) is 0 Å². The molecular formula is C17H28N4. The van der Waals surface area contributed by atoms with Gasteiger partial charge < -0.3 is 15.2 Å². The van der Waals surface area contributed by atoms with Gasteiger partial charge in [-0.15, -0.1) is 0 Å². The summed E-state index contributed by atoms with van der Waals surface area (Å²) >= 11 is 0. The van der Waals surface area contributed by atoms with E-state index in [0.717, 1.165) is 24.3 Å². The lowest BCUT2D eigenvalue weighted by Crippen LogP contribution is -2.39. The Morgan fingerprint density at radius 2 is 2.14 bits per heavy atom. The molecular weight excluding hydrogens is 260 g/mol. The van der Waals surface area contributed by atoms with Crippen LogP contribution in [0.15, 0.2) is 23.5 Å². The molecule has 4 heteroatoms. The van der Waals surface area contributed by atoms with Gasteiger partial charge in [-0.1, -0.05) is 32.1 Å². The number of aromatic nitrogens is 1. The van der Waals surface area contributed by atoms with Gasteiger partial charge in [-0.3, -0.25) is 4.99 Å². The summed E-state index contributed by atoms with van der Waals surface area (Å²) in [6.45, 7) is 0.835. The highest BCUT2D eigenvalue weighted by molar-refractivity contribution is 5.80. The zero-order chi connectivity index (χ0) is 14.7. The topological polar surface area (TPSA) is 41.4 Å². The van der Waals surface area contributed by atoms with Gasteiger partial charge in [-0.05, 0) is 29.9 Å². The lowest BCUT2D eigenvalue weighted by atomic mass is 9.85. The summed E-state index contributed by atoms with van der Waals surface area (Å²) < 4.78 is 2.08. The molecule has 0 spiro atoms. The summed E-state index contributed by atoms with van der Waals surface area (Å²) in [5.74, 6) is 2.80. The van der Waals surface area contributed by atoms with Crippen molar-refractivity contribution in [2.24, 2.45) is 23.9 Å². The Hall–Kier alpha value is -1.45. The molecule has 1 aromatic rings. The van der Waals surface area contributed by atoms with E-state index < -0.39 is 0 Å². The number of aliphatic imine (C=N–C) groups is 1. The van der Waals surface area contributed by atoms with Crippen LogP contribution in [-0.4, -0.2) is 23.6 Å². The highest BCUT2D eigenvalue weighted by atomic mass is 15.2. The van der Waals surface area contributed by atoms with Crippen LogP contribution in [0.25, 0.3) is 0 Å². The number of nitrogens with zero attached hydrogens (tertiary/aromatic N) is 2. The van der Waals surface area contributed by atoms with Gasteiger partial charge in [-0.25, -0.2) is 0 Å². The molecule has 2 unspecified atom stereocenters. The second-order valence-electron chi connectivity index (χ2n) is 6.66. The van der Waals surface area contributed by atoms with Crippen molar-refractivity contribution in [3.05, 3.63) is 24.0 Å². The van der Waals surface area contributed by atoms with Crippen molar-refractivity contribution >= 4 is 5.96 Å². The van der Waals surface area contributed by atoms with E-state index in [0.29, 0.717) is 6.04 Å². The molecule has 0 radical (unpaired) electrons. The van der Waals surface area contributed by atoms with E-state index in [1.165, 1.54) is 44.1 Å². The van der Waals surface area contributed by atoms with Gasteiger partial charge in [0.05, 0.1) is 0 Å². The second kappa shape index (κ2) is 6.54. The van der Waals surface area contributed by atoms with E-state index in [2.05, 4.69) is 45.7 Å². The second-order valence-corrected chi connectivity index (χ2v) is 6.66. The molecule has 0 amide bonds. The van der Waals surface area contributed by atoms with Crippen LogP contribution in [0.4, 0.5) is 0 Å². The average molecular weight is 288 g/mol. The van der Waals surface area contributed by atoms with E-state index in [1.807, 2.05) is 7.05 Å². The van der Waals surface area contributed by atoms with E-state index in [9.17, 15) is 0 Å². The van der Waals surface area contributed by atoms with Crippen LogP contribution < -0.4 is 10.6 Å². The normalized spacial score (nSPS) is 26.7. The molecule has 2 N–H and O–H groups in total. The van der Waals surface area contributed by atoms with Gasteiger partial charge in [0.15, 0.2) is 5.96 Å². The predicted molar refractivity (Wildman–Crippen MR) is 87.2 cm³/mol. The minimum atomic E-state index is 0.648. The maximum absolute atomic E-state index is 4.36. The Morgan fingerprint density at radius 3 is 2.81 bits per heavy atom. The van der Waals surface area contributed by atoms with Crippen LogP contribution in [-0.2, 0) is 13.6 Å². The molecule has 116 valence electrons. The number of nitrogens with one attached hydrogen (secondary N) is 2. The van der Waals surface area contributed by atoms with E-state index in [4.69, 9.17) is 0 Å². The zero-order valence-corrected chi connectivity index (χ0v) is 13.3. The van der Waals surface area contributed by atoms with Crippen molar-refractivity contribution in [1.82, 2.24) is 15.2 Å². The van der Waals surface area contributed by atoms with Gasteiger partial charge in [0, 0.05) is 39.1 Å². The summed E-state index contributed by atoms with van der Waals surface area (Å²) in [5.41, 5.74) is 1.29. The largest absolute Gasteiger partial charge is 0.357 e. The number of aryl methyl sites for hydroxylation is 1. The SMILES string of the molecule is CN=C(NCc1ccn(C)c1)NC1CC1C1CCCCC1. The molecule has 2 atom stereocenters. The Kier molecular flexibility index (Phi) is 4.51. The van der Waals surface area contributed by atoms with Gasteiger partial charge in [0.1, 0.15) is 0 Å². The van der Waals surface area contributed by atoms with Gasteiger partial charge >= 0.3 is 0 Å². The molecule has 4 nitrogen and oxygen atoms in total. The van der Waals surface area contributed by atoms with Crippen LogP contribution in [0.2, 0.25) is 0 Å². The zero-order valence-electron chi connectivity index (χ0n) is 13.3. The average Bonchev–Trinajstić information content (AvgIpc) is 3.17. The van der Waals surface area contributed by atoms with Gasteiger partial charge in [-0.2, -0.15) is 0 Å². The minimum Gasteiger partial charge on any atom is -0.357 e. The number of guanidine groups is 1. The predicted octanol–water partition coefficient (Wildman–Crippen LogP) is 2.66. The molecule has 2 fully saturated rings. The van der Waals surface area contributed by atoms with Gasteiger partial charge in [0.25, 0.3) is 0 Å². The lowest BCUT2D eigenvalue weighted by Gasteiger charge is -2.22. The first kappa shape index (κ1) is 14.5. The molecule has 0 bridgehead atoms. The third-order valence-corrected chi connectivity index (χ3v) is 4.99. The van der Waals surface area contributed by atoms with Crippen LogP contribution >= 0.6 is 0 Å². The van der Waals surface area contributed by atoms with Crippen LogP contribution in [0.1, 0.15) is 44.1 Å². The monoisotopic (exact) mass is 288 g/mol. The standard InChI is InChI=1S/C17H28N4/c1-18-17(19-11-13-8-9-21(2)12-13)20-16-10-15(16)14-6-4-3-5-7-14/h8-9,12,14-16H,3-7,10-11H2,1-2H3,(H2,18,19,20). The number of rotatable bonds is 4. The molecule has 2 aliphatic rings. The Bertz CT molecular complexity index is 485. The molecule has 0 saturated heterocycles. The maximum Gasteiger partial charge on any atom is 0.191 e. The van der Waals surface area contributed by atoms with Crippen molar-refractivity contribution in [1.29, 1.82) is 0 Å². The van der Waals surface area contributed by atoms with Crippen molar-refractivity contribution in [3.63, 3.8) is 0 Å². The summed E-state index contributed by atoms with van der Waals surface area (Å²) in [4.78, 5) is 4.36. The molecule has 2 saturated carbocycles. The summed E-state index contributed by atoms with van der Waals surface area (Å²) in [6.07, 6.45) is 12.8. The molecule has 1 heterocycles.